The van der Waals surface area contributed by atoms with Crippen molar-refractivity contribution in [2.75, 3.05) is 13.1 Å². The quantitative estimate of drug-likeness (QED) is 0.791. The average molecular weight is 276 g/mol. The molecule has 0 aliphatic rings. The van der Waals surface area contributed by atoms with E-state index in [1.807, 2.05) is 4.90 Å². The van der Waals surface area contributed by atoms with E-state index >= 15 is 0 Å². The first kappa shape index (κ1) is 16.7. The summed E-state index contributed by atoms with van der Waals surface area (Å²) >= 11 is 0. The Labute approximate surface area is 123 Å². The molecule has 0 saturated carbocycles. The van der Waals surface area contributed by atoms with Gasteiger partial charge in [0.05, 0.1) is 0 Å². The van der Waals surface area contributed by atoms with Crippen LogP contribution in [0.2, 0.25) is 0 Å². The van der Waals surface area contributed by atoms with Gasteiger partial charge in [0, 0.05) is 32.1 Å². The molecule has 1 N–H and O–H groups in total. The summed E-state index contributed by atoms with van der Waals surface area (Å²) in [4.78, 5) is 14.2. The Morgan fingerprint density at radius 3 is 2.45 bits per heavy atom. The third-order valence-corrected chi connectivity index (χ3v) is 3.23. The third-order valence-electron chi connectivity index (χ3n) is 3.23. The zero-order chi connectivity index (χ0) is 15.0. The van der Waals surface area contributed by atoms with Crippen molar-refractivity contribution in [2.24, 2.45) is 0 Å². The van der Waals surface area contributed by atoms with Gasteiger partial charge in [0.25, 0.3) is 0 Å². The molecule has 3 nitrogen and oxygen atoms in total. The van der Waals surface area contributed by atoms with Crippen LogP contribution in [0.15, 0.2) is 24.3 Å². The summed E-state index contributed by atoms with van der Waals surface area (Å²) in [6.07, 6.45) is 1.57. The van der Waals surface area contributed by atoms with E-state index in [2.05, 4.69) is 57.3 Å². The van der Waals surface area contributed by atoms with Gasteiger partial charge in [-0.15, -0.1) is 0 Å². The minimum atomic E-state index is 0.237. The maximum atomic E-state index is 12.3. The van der Waals surface area contributed by atoms with Crippen LogP contribution in [0.5, 0.6) is 0 Å². The second kappa shape index (κ2) is 8.75. The van der Waals surface area contributed by atoms with Gasteiger partial charge < -0.3 is 10.2 Å². The van der Waals surface area contributed by atoms with Gasteiger partial charge in [-0.1, -0.05) is 50.6 Å². The lowest BCUT2D eigenvalue weighted by atomic mass is 10.1. The lowest BCUT2D eigenvalue weighted by Crippen LogP contribution is -2.34. The number of rotatable bonds is 8. The van der Waals surface area contributed by atoms with Gasteiger partial charge in [0.2, 0.25) is 5.91 Å². The maximum Gasteiger partial charge on any atom is 0.224 e. The number of aryl methyl sites for hydroxylation is 1. The predicted octanol–water partition coefficient (Wildman–Crippen LogP) is 3.12. The highest BCUT2D eigenvalue weighted by molar-refractivity contribution is 5.76. The van der Waals surface area contributed by atoms with Crippen LogP contribution < -0.4 is 5.32 Å². The van der Waals surface area contributed by atoms with Crippen LogP contribution in [-0.4, -0.2) is 29.9 Å². The fourth-order valence-corrected chi connectivity index (χ4v) is 2.10. The average Bonchev–Trinajstić information content (AvgIpc) is 2.40. The first-order valence-electron chi connectivity index (χ1n) is 7.59. The molecule has 0 aromatic heterocycles. The zero-order valence-electron chi connectivity index (χ0n) is 13.3. The van der Waals surface area contributed by atoms with Crippen LogP contribution in [0.25, 0.3) is 0 Å². The van der Waals surface area contributed by atoms with Crippen LogP contribution in [-0.2, 0) is 11.3 Å². The van der Waals surface area contributed by atoms with E-state index in [4.69, 9.17) is 0 Å². The highest BCUT2D eigenvalue weighted by Crippen LogP contribution is 2.08. The summed E-state index contributed by atoms with van der Waals surface area (Å²) in [6, 6.07) is 8.85. The fourth-order valence-electron chi connectivity index (χ4n) is 2.10. The Morgan fingerprint density at radius 1 is 1.25 bits per heavy atom. The molecule has 3 heteroatoms. The molecule has 0 heterocycles. The molecule has 0 unspecified atom stereocenters. The standard InChI is InChI=1S/C17H28N2O/c1-5-12-19(17(20)10-11-18-14(2)3)13-16-8-6-15(4)7-9-16/h6-9,14,18H,5,10-13H2,1-4H3. The van der Waals surface area contributed by atoms with Crippen molar-refractivity contribution in [2.45, 2.75) is 53.1 Å². The van der Waals surface area contributed by atoms with Crippen molar-refractivity contribution < 1.29 is 4.79 Å². The van der Waals surface area contributed by atoms with Crippen molar-refractivity contribution in [3.05, 3.63) is 35.4 Å². The van der Waals surface area contributed by atoms with E-state index in [-0.39, 0.29) is 5.91 Å². The molecule has 0 saturated heterocycles. The Morgan fingerprint density at radius 2 is 1.90 bits per heavy atom. The number of hydrogen-bond acceptors (Lipinski definition) is 2. The summed E-state index contributed by atoms with van der Waals surface area (Å²) in [5.74, 6) is 0.237. The molecule has 0 bridgehead atoms. The van der Waals surface area contributed by atoms with Gasteiger partial charge in [0.1, 0.15) is 0 Å². The van der Waals surface area contributed by atoms with Gasteiger partial charge in [-0.2, -0.15) is 0 Å². The first-order chi connectivity index (χ1) is 9.52. The summed E-state index contributed by atoms with van der Waals surface area (Å²) < 4.78 is 0. The Bertz CT molecular complexity index is 398. The lowest BCUT2D eigenvalue weighted by Gasteiger charge is -2.23. The number of hydrogen-bond donors (Lipinski definition) is 1. The van der Waals surface area contributed by atoms with Crippen LogP contribution in [0.4, 0.5) is 0 Å². The van der Waals surface area contributed by atoms with Gasteiger partial charge >= 0.3 is 0 Å². The highest BCUT2D eigenvalue weighted by atomic mass is 16.2. The van der Waals surface area contributed by atoms with E-state index in [1.165, 1.54) is 11.1 Å². The second-order valence-electron chi connectivity index (χ2n) is 5.66. The van der Waals surface area contributed by atoms with Crippen LogP contribution in [0.3, 0.4) is 0 Å². The van der Waals surface area contributed by atoms with E-state index in [1.54, 1.807) is 0 Å². The number of nitrogens with one attached hydrogen (secondary N) is 1. The van der Waals surface area contributed by atoms with Gasteiger partial charge in [-0.25, -0.2) is 0 Å². The number of nitrogens with zero attached hydrogens (tertiary/aromatic N) is 1. The molecule has 0 aliphatic heterocycles. The third kappa shape index (κ3) is 6.20. The highest BCUT2D eigenvalue weighted by Gasteiger charge is 2.12. The predicted molar refractivity (Wildman–Crippen MR) is 84.6 cm³/mol. The number of benzene rings is 1. The maximum absolute atomic E-state index is 12.3. The Kier molecular flexibility index (Phi) is 7.31. The molecule has 20 heavy (non-hydrogen) atoms. The molecule has 0 aliphatic carbocycles. The fraction of sp³-hybridized carbons (Fsp3) is 0.588. The summed E-state index contributed by atoms with van der Waals surface area (Å²) in [5, 5.41) is 3.30. The molecule has 1 rings (SSSR count). The zero-order valence-corrected chi connectivity index (χ0v) is 13.3. The molecule has 112 valence electrons. The van der Waals surface area contributed by atoms with Gasteiger partial charge in [-0.05, 0) is 18.9 Å². The van der Waals surface area contributed by atoms with Crippen LogP contribution in [0.1, 0.15) is 44.7 Å². The molecule has 1 amide bonds. The van der Waals surface area contributed by atoms with Crippen molar-refractivity contribution in [3.8, 4) is 0 Å². The summed E-state index contributed by atoms with van der Waals surface area (Å²) in [6.45, 7) is 10.7. The van der Waals surface area contributed by atoms with Crippen molar-refractivity contribution in [1.82, 2.24) is 10.2 Å². The second-order valence-corrected chi connectivity index (χ2v) is 5.66. The van der Waals surface area contributed by atoms with Crippen LogP contribution >= 0.6 is 0 Å². The molecule has 0 fully saturated rings. The monoisotopic (exact) mass is 276 g/mol. The number of carbonyl (C=O) groups excluding carboxylic acids is 1. The van der Waals surface area contributed by atoms with E-state index in [0.717, 1.165) is 19.5 Å². The number of amides is 1. The smallest absolute Gasteiger partial charge is 0.224 e. The molecule has 0 spiro atoms. The minimum absolute atomic E-state index is 0.237. The molecular formula is C17H28N2O. The van der Waals surface area contributed by atoms with E-state index in [9.17, 15) is 4.79 Å². The Hall–Kier alpha value is -1.35. The van der Waals surface area contributed by atoms with Crippen molar-refractivity contribution in [1.29, 1.82) is 0 Å². The SMILES string of the molecule is CCCN(Cc1ccc(C)cc1)C(=O)CCNC(C)C. The van der Waals surface area contributed by atoms with Gasteiger partial charge in [-0.3, -0.25) is 4.79 Å². The van der Waals surface area contributed by atoms with Crippen molar-refractivity contribution in [3.63, 3.8) is 0 Å². The Balaban J connectivity index is 2.54. The van der Waals surface area contributed by atoms with Gasteiger partial charge in [0.15, 0.2) is 0 Å². The minimum Gasteiger partial charge on any atom is -0.338 e. The molecular weight excluding hydrogens is 248 g/mol. The first-order valence-corrected chi connectivity index (χ1v) is 7.59. The van der Waals surface area contributed by atoms with Crippen LogP contribution in [0, 0.1) is 6.92 Å². The normalized spacial score (nSPS) is 10.8. The summed E-state index contributed by atoms with van der Waals surface area (Å²) in [5.41, 5.74) is 2.46. The molecule has 0 atom stereocenters. The van der Waals surface area contributed by atoms with Crippen molar-refractivity contribution >= 4 is 5.91 Å². The molecule has 1 aromatic carbocycles. The molecule has 1 aromatic rings. The largest absolute Gasteiger partial charge is 0.338 e. The topological polar surface area (TPSA) is 32.3 Å². The van der Waals surface area contributed by atoms with E-state index in [0.29, 0.717) is 19.0 Å². The summed E-state index contributed by atoms with van der Waals surface area (Å²) in [7, 11) is 0. The number of carbonyl (C=O) groups is 1. The lowest BCUT2D eigenvalue weighted by molar-refractivity contribution is -0.131. The van der Waals surface area contributed by atoms with E-state index < -0.39 is 0 Å². The molecule has 0 radical (unpaired) electrons.